The van der Waals surface area contributed by atoms with E-state index in [1.54, 1.807) is 6.92 Å². The van der Waals surface area contributed by atoms with Crippen molar-refractivity contribution in [2.75, 3.05) is 26.5 Å². The van der Waals surface area contributed by atoms with Gasteiger partial charge in [0, 0.05) is 24.4 Å². The van der Waals surface area contributed by atoms with E-state index in [0.29, 0.717) is 13.0 Å². The van der Waals surface area contributed by atoms with E-state index in [4.69, 9.17) is 4.74 Å². The minimum atomic E-state index is -2.24. The van der Waals surface area contributed by atoms with Crippen molar-refractivity contribution in [2.45, 2.75) is 58.0 Å². The van der Waals surface area contributed by atoms with Crippen molar-refractivity contribution in [3.8, 4) is 0 Å². The van der Waals surface area contributed by atoms with Gasteiger partial charge >= 0.3 is 0 Å². The summed E-state index contributed by atoms with van der Waals surface area (Å²) in [6.07, 6.45) is 2.21. The number of aliphatic hydroxyl groups is 1. The lowest BCUT2D eigenvalue weighted by atomic mass is 9.38. The number of hydrogen-bond donors (Lipinski definition) is 1. The molecule has 35 heavy (non-hydrogen) atoms. The molecule has 1 saturated heterocycles. The van der Waals surface area contributed by atoms with E-state index in [-0.39, 0.29) is 37.6 Å². The van der Waals surface area contributed by atoms with Gasteiger partial charge in [-0.15, -0.1) is 0 Å². The molecule has 9 unspecified atom stereocenters. The number of ketones is 2. The number of allylic oxidation sites excluding steroid dienone is 4. The smallest absolute Gasteiger partial charge is 0.178 e. The van der Waals surface area contributed by atoms with Crippen LogP contribution in [0.5, 0.6) is 0 Å². The van der Waals surface area contributed by atoms with Crippen LogP contribution in [0.3, 0.4) is 0 Å². The van der Waals surface area contributed by atoms with Crippen LogP contribution in [0.15, 0.2) is 36.6 Å². The molecule has 0 aromatic heterocycles. The van der Waals surface area contributed by atoms with Crippen LogP contribution >= 0.6 is 0 Å². The average molecular weight is 494 g/mol. The molecule has 4 aliphatic carbocycles. The van der Waals surface area contributed by atoms with E-state index in [1.165, 1.54) is 24.5 Å². The molecular formula is C27H34F3NO4. The van der Waals surface area contributed by atoms with Crippen LogP contribution in [0.25, 0.3) is 0 Å². The van der Waals surface area contributed by atoms with Gasteiger partial charge < -0.3 is 9.84 Å². The number of Topliss-reactive ketones (excluding diaryl/α,β-unsaturated/α-hetero) is 1. The van der Waals surface area contributed by atoms with Gasteiger partial charge in [0.25, 0.3) is 0 Å². The van der Waals surface area contributed by atoms with Gasteiger partial charge in [-0.3, -0.25) is 14.5 Å². The Labute approximate surface area is 204 Å². The molecule has 1 N–H and O–H groups in total. The van der Waals surface area contributed by atoms with E-state index in [1.807, 2.05) is 18.7 Å². The number of carbonyl (C=O) groups excluding carboxylic acids is 2. The van der Waals surface area contributed by atoms with Crippen molar-refractivity contribution < 1.29 is 32.6 Å². The van der Waals surface area contributed by atoms with Crippen LogP contribution in [0, 0.1) is 33.5 Å². The van der Waals surface area contributed by atoms with Crippen molar-refractivity contribution in [1.29, 1.82) is 0 Å². The van der Waals surface area contributed by atoms with Crippen molar-refractivity contribution in [3.05, 3.63) is 36.6 Å². The molecule has 1 heterocycles. The van der Waals surface area contributed by atoms with E-state index in [2.05, 4.69) is 6.58 Å². The van der Waals surface area contributed by atoms with Crippen LogP contribution in [0.1, 0.15) is 40.0 Å². The number of hydrogen-bond acceptors (Lipinski definition) is 5. The molecule has 0 amide bonds. The fourth-order valence-corrected chi connectivity index (χ4v) is 9.23. The number of likely N-dealkylation sites (tertiary alicyclic amines) is 1. The fraction of sp³-hybridized carbons (Fsp3) is 0.704. The van der Waals surface area contributed by atoms with Gasteiger partial charge in [0.1, 0.15) is 19.6 Å². The second kappa shape index (κ2) is 7.54. The quantitative estimate of drug-likeness (QED) is 0.589. The molecule has 5 aliphatic rings. The van der Waals surface area contributed by atoms with Gasteiger partial charge in [-0.1, -0.05) is 26.5 Å². The number of ether oxygens (including phenoxy) is 1. The Bertz CT molecular complexity index is 1050. The maximum atomic E-state index is 17.5. The lowest BCUT2D eigenvalue weighted by Crippen LogP contribution is -2.72. The molecule has 5 rings (SSSR count). The predicted octanol–water partition coefficient (Wildman–Crippen LogP) is 3.88. The van der Waals surface area contributed by atoms with E-state index in [9.17, 15) is 19.1 Å². The minimum Gasteiger partial charge on any atom is -0.486 e. The van der Waals surface area contributed by atoms with Crippen LogP contribution in [-0.2, 0) is 14.3 Å². The number of carbonyl (C=O) groups is 2. The summed E-state index contributed by atoms with van der Waals surface area (Å²) in [6, 6.07) is 0. The summed E-state index contributed by atoms with van der Waals surface area (Å²) in [5.74, 6) is -2.15. The SMILES string of the molecule is C=COCN1CC2CC3(C)C4CC(F)C5=CC(=O)C=CC5(C)C4(F)C(O)CC3(C)C2(C(=O)CF)C1. The summed E-state index contributed by atoms with van der Waals surface area (Å²) >= 11 is 0. The Balaban J connectivity index is 1.65. The number of fused-ring (bicyclic) bond motifs is 7. The number of rotatable bonds is 5. The Hall–Kier alpha value is -1.93. The van der Waals surface area contributed by atoms with Crippen molar-refractivity contribution in [1.82, 2.24) is 4.90 Å². The molecule has 9 atom stereocenters. The van der Waals surface area contributed by atoms with Crippen LogP contribution in [0.4, 0.5) is 13.2 Å². The Kier molecular flexibility index (Phi) is 5.33. The number of nitrogens with zero attached hydrogens (tertiary/aromatic N) is 1. The van der Waals surface area contributed by atoms with Gasteiger partial charge in [-0.25, -0.2) is 13.2 Å². The van der Waals surface area contributed by atoms with Crippen LogP contribution in [0.2, 0.25) is 0 Å². The first-order valence-corrected chi connectivity index (χ1v) is 12.4. The summed E-state index contributed by atoms with van der Waals surface area (Å²) in [7, 11) is 0. The first-order valence-electron chi connectivity index (χ1n) is 12.4. The average Bonchev–Trinajstić information content (AvgIpc) is 3.26. The molecule has 4 fully saturated rings. The molecule has 1 aliphatic heterocycles. The third kappa shape index (κ3) is 2.68. The van der Waals surface area contributed by atoms with Crippen molar-refractivity contribution in [2.24, 2.45) is 33.5 Å². The molecule has 3 saturated carbocycles. The highest BCUT2D eigenvalue weighted by Gasteiger charge is 2.82. The van der Waals surface area contributed by atoms with Crippen molar-refractivity contribution in [3.63, 3.8) is 0 Å². The zero-order valence-corrected chi connectivity index (χ0v) is 20.5. The molecule has 0 radical (unpaired) electrons. The molecular weight excluding hydrogens is 459 g/mol. The Morgan fingerprint density at radius 2 is 2.06 bits per heavy atom. The summed E-state index contributed by atoms with van der Waals surface area (Å²) in [5.41, 5.74) is -6.67. The zero-order valence-electron chi connectivity index (χ0n) is 20.5. The van der Waals surface area contributed by atoms with Gasteiger partial charge in [-0.05, 0) is 60.7 Å². The maximum absolute atomic E-state index is 17.5. The lowest BCUT2D eigenvalue weighted by Gasteiger charge is -2.67. The van der Waals surface area contributed by atoms with Crippen LogP contribution in [-0.4, -0.2) is 66.0 Å². The van der Waals surface area contributed by atoms with E-state index in [0.717, 1.165) is 0 Å². The fourth-order valence-electron chi connectivity index (χ4n) is 9.23. The first kappa shape index (κ1) is 24.8. The first-order chi connectivity index (χ1) is 16.4. The lowest BCUT2D eigenvalue weighted by molar-refractivity contribution is -0.242. The zero-order chi connectivity index (χ0) is 25.6. The largest absolute Gasteiger partial charge is 0.486 e. The maximum Gasteiger partial charge on any atom is 0.178 e. The van der Waals surface area contributed by atoms with E-state index >= 15 is 8.78 Å². The van der Waals surface area contributed by atoms with Gasteiger partial charge in [0.05, 0.1) is 17.8 Å². The summed E-state index contributed by atoms with van der Waals surface area (Å²) in [5, 5.41) is 11.5. The monoisotopic (exact) mass is 493 g/mol. The van der Waals surface area contributed by atoms with Gasteiger partial charge in [-0.2, -0.15) is 0 Å². The Morgan fingerprint density at radius 1 is 1.34 bits per heavy atom. The van der Waals surface area contributed by atoms with Crippen LogP contribution < -0.4 is 0 Å². The molecule has 5 nitrogen and oxygen atoms in total. The van der Waals surface area contributed by atoms with Gasteiger partial charge in [0.15, 0.2) is 17.2 Å². The molecule has 0 aromatic carbocycles. The second-order valence-corrected chi connectivity index (χ2v) is 11.9. The molecule has 192 valence electrons. The summed E-state index contributed by atoms with van der Waals surface area (Å²) in [4.78, 5) is 27.4. The minimum absolute atomic E-state index is 0.0590. The normalized spacial score (nSPS) is 50.6. The number of alkyl halides is 3. The number of aliphatic hydroxyl groups excluding tert-OH is 1. The third-order valence-electron chi connectivity index (χ3n) is 11.0. The molecule has 8 heteroatoms. The predicted molar refractivity (Wildman–Crippen MR) is 123 cm³/mol. The Morgan fingerprint density at radius 3 is 2.71 bits per heavy atom. The molecule has 0 aromatic rings. The van der Waals surface area contributed by atoms with Crippen molar-refractivity contribution >= 4 is 11.6 Å². The summed E-state index contributed by atoms with van der Waals surface area (Å²) in [6.45, 7) is 8.61. The third-order valence-corrected chi connectivity index (χ3v) is 11.0. The topological polar surface area (TPSA) is 66.8 Å². The molecule has 0 spiro atoms. The molecule has 0 bridgehead atoms. The van der Waals surface area contributed by atoms with E-state index < -0.39 is 63.8 Å². The van der Waals surface area contributed by atoms with Gasteiger partial charge in [0.2, 0.25) is 0 Å². The highest BCUT2D eigenvalue weighted by Crippen LogP contribution is 2.79. The highest BCUT2D eigenvalue weighted by atomic mass is 19.1. The summed E-state index contributed by atoms with van der Waals surface area (Å²) < 4.78 is 52.7. The standard InChI is InChI=1S/C27H34F3NO4/c1-5-35-15-31-13-16-10-24(3)20-9-19(29)18-8-17(32)6-7-23(18,2)27(20,30)21(33)11-25(24,4)26(16,14-31)22(34)12-28/h5-8,16,19-21,33H,1,9-15H2,2-4H3. The highest BCUT2D eigenvalue weighted by molar-refractivity contribution is 6.01. The number of halogens is 3. The second-order valence-electron chi connectivity index (χ2n) is 11.9.